The van der Waals surface area contributed by atoms with Crippen molar-refractivity contribution >= 4 is 28.5 Å². The highest BCUT2D eigenvalue weighted by Crippen LogP contribution is 2.20. The van der Waals surface area contributed by atoms with Crippen molar-refractivity contribution in [1.82, 2.24) is 20.2 Å². The number of amides is 2. The Morgan fingerprint density at radius 3 is 2.88 bits per heavy atom. The molecule has 0 spiro atoms. The minimum atomic E-state index is -0.250. The third-order valence-electron chi connectivity index (χ3n) is 4.31. The van der Waals surface area contributed by atoms with Gasteiger partial charge in [0.25, 0.3) is 11.8 Å². The van der Waals surface area contributed by atoms with E-state index in [0.29, 0.717) is 29.9 Å². The molecule has 0 saturated carbocycles. The smallest absolute Gasteiger partial charge is 0.255 e. The first-order valence-electron chi connectivity index (χ1n) is 8.35. The molecular weight excluding hydrogens is 330 g/mol. The fourth-order valence-electron chi connectivity index (χ4n) is 3.07. The largest absolute Gasteiger partial charge is 0.348 e. The second kappa shape index (κ2) is 6.27. The molecule has 0 unspecified atom stereocenters. The van der Waals surface area contributed by atoms with Gasteiger partial charge in [-0.3, -0.25) is 9.59 Å². The highest BCUT2D eigenvalue weighted by atomic mass is 16.2. The molecule has 0 aliphatic carbocycles. The standard InChI is InChI=1S/C19H19N5O2/c1-24(2)10-17-22-15-6-5-13(8-16(15)23-17)21-18(25)11-3-4-12-9-20-19(26)14(12)7-11/h3-8H,9-10H2,1-2H3,(H,20,26)(H,21,25)(H,22,23). The van der Waals surface area contributed by atoms with Crippen LogP contribution in [0.4, 0.5) is 5.69 Å². The van der Waals surface area contributed by atoms with E-state index < -0.39 is 0 Å². The molecule has 7 heteroatoms. The van der Waals surface area contributed by atoms with Crippen molar-refractivity contribution in [2.45, 2.75) is 13.1 Å². The Morgan fingerprint density at radius 2 is 2.08 bits per heavy atom. The van der Waals surface area contributed by atoms with E-state index >= 15 is 0 Å². The van der Waals surface area contributed by atoms with E-state index in [2.05, 4.69) is 20.6 Å². The highest BCUT2D eigenvalue weighted by molar-refractivity contribution is 6.07. The zero-order valence-electron chi connectivity index (χ0n) is 14.6. The molecule has 0 saturated heterocycles. The van der Waals surface area contributed by atoms with E-state index in [0.717, 1.165) is 22.4 Å². The summed E-state index contributed by atoms with van der Waals surface area (Å²) in [5.41, 5.74) is 4.34. The Labute approximate surface area is 150 Å². The third-order valence-corrected chi connectivity index (χ3v) is 4.31. The number of aromatic amines is 1. The van der Waals surface area contributed by atoms with Gasteiger partial charge in [0, 0.05) is 23.4 Å². The van der Waals surface area contributed by atoms with Gasteiger partial charge in [-0.1, -0.05) is 6.07 Å². The summed E-state index contributed by atoms with van der Waals surface area (Å²) in [6.07, 6.45) is 0. The van der Waals surface area contributed by atoms with Crippen molar-refractivity contribution in [2.75, 3.05) is 19.4 Å². The number of carbonyl (C=O) groups is 2. The number of fused-ring (bicyclic) bond motifs is 2. The maximum atomic E-state index is 12.5. The first-order chi connectivity index (χ1) is 12.5. The first kappa shape index (κ1) is 16.3. The van der Waals surface area contributed by atoms with Gasteiger partial charge in [-0.15, -0.1) is 0 Å². The molecule has 132 valence electrons. The van der Waals surface area contributed by atoms with Gasteiger partial charge in [0.05, 0.1) is 17.6 Å². The average molecular weight is 349 g/mol. The molecule has 2 heterocycles. The SMILES string of the molecule is CN(C)Cc1nc2ccc(NC(=O)c3ccc4c(c3)C(=O)NC4)cc2[nH]1. The lowest BCUT2D eigenvalue weighted by Crippen LogP contribution is -2.14. The molecule has 0 radical (unpaired) electrons. The number of hydrogen-bond acceptors (Lipinski definition) is 4. The van der Waals surface area contributed by atoms with Crippen LogP contribution in [0.1, 0.15) is 32.1 Å². The summed E-state index contributed by atoms with van der Waals surface area (Å²) in [7, 11) is 3.96. The van der Waals surface area contributed by atoms with Gasteiger partial charge < -0.3 is 20.5 Å². The second-order valence-corrected chi connectivity index (χ2v) is 6.66. The molecule has 2 amide bonds. The third kappa shape index (κ3) is 3.04. The summed E-state index contributed by atoms with van der Waals surface area (Å²) < 4.78 is 0. The zero-order chi connectivity index (χ0) is 18.3. The van der Waals surface area contributed by atoms with Crippen LogP contribution < -0.4 is 10.6 Å². The van der Waals surface area contributed by atoms with Crippen LogP contribution >= 0.6 is 0 Å². The van der Waals surface area contributed by atoms with Crippen LogP contribution in [0.3, 0.4) is 0 Å². The van der Waals surface area contributed by atoms with Crippen LogP contribution in [0.15, 0.2) is 36.4 Å². The molecule has 3 aromatic rings. The van der Waals surface area contributed by atoms with E-state index in [1.54, 1.807) is 12.1 Å². The van der Waals surface area contributed by atoms with E-state index in [1.165, 1.54) is 0 Å². The summed E-state index contributed by atoms with van der Waals surface area (Å²) in [4.78, 5) is 34.1. The first-order valence-corrected chi connectivity index (χ1v) is 8.35. The van der Waals surface area contributed by atoms with E-state index in [4.69, 9.17) is 0 Å². The number of anilines is 1. The van der Waals surface area contributed by atoms with E-state index in [-0.39, 0.29) is 11.8 Å². The Morgan fingerprint density at radius 1 is 1.23 bits per heavy atom. The van der Waals surface area contributed by atoms with Crippen LogP contribution in [0.25, 0.3) is 11.0 Å². The van der Waals surface area contributed by atoms with Gasteiger partial charge in [-0.25, -0.2) is 4.98 Å². The average Bonchev–Trinajstić information content (AvgIpc) is 3.16. The molecule has 0 bridgehead atoms. The number of H-pyrrole nitrogens is 1. The van der Waals surface area contributed by atoms with Crippen molar-refractivity contribution in [3.05, 3.63) is 58.9 Å². The monoisotopic (exact) mass is 349 g/mol. The summed E-state index contributed by atoms with van der Waals surface area (Å²) in [5, 5.41) is 5.63. The quantitative estimate of drug-likeness (QED) is 0.673. The summed E-state index contributed by atoms with van der Waals surface area (Å²) in [5.74, 6) is 0.486. The van der Waals surface area contributed by atoms with Crippen molar-refractivity contribution < 1.29 is 9.59 Å². The predicted molar refractivity (Wildman–Crippen MR) is 99.1 cm³/mol. The Bertz CT molecular complexity index is 1020. The number of nitrogens with one attached hydrogen (secondary N) is 3. The number of nitrogens with zero attached hydrogens (tertiary/aromatic N) is 2. The highest BCUT2D eigenvalue weighted by Gasteiger charge is 2.20. The molecule has 0 atom stereocenters. The fraction of sp³-hybridized carbons (Fsp3) is 0.211. The van der Waals surface area contributed by atoms with E-state index in [9.17, 15) is 9.59 Å². The van der Waals surface area contributed by atoms with Gasteiger partial charge in [-0.2, -0.15) is 0 Å². The minimum absolute atomic E-state index is 0.137. The number of benzene rings is 2. The van der Waals surface area contributed by atoms with Crippen LogP contribution in [0.2, 0.25) is 0 Å². The lowest BCUT2D eigenvalue weighted by atomic mass is 10.1. The molecule has 2 aromatic carbocycles. The Balaban J connectivity index is 1.56. The molecule has 1 aliphatic rings. The second-order valence-electron chi connectivity index (χ2n) is 6.66. The maximum absolute atomic E-state index is 12.5. The number of rotatable bonds is 4. The number of carbonyl (C=O) groups excluding carboxylic acids is 2. The van der Waals surface area contributed by atoms with Crippen molar-refractivity contribution in [3.8, 4) is 0 Å². The van der Waals surface area contributed by atoms with Crippen LogP contribution in [0.5, 0.6) is 0 Å². The van der Waals surface area contributed by atoms with Crippen LogP contribution in [-0.4, -0.2) is 40.8 Å². The molecule has 0 fully saturated rings. The lowest BCUT2D eigenvalue weighted by molar-refractivity contribution is 0.0965. The molecule has 3 N–H and O–H groups in total. The van der Waals surface area contributed by atoms with Crippen molar-refractivity contribution in [3.63, 3.8) is 0 Å². The predicted octanol–water partition coefficient (Wildman–Crippen LogP) is 2.12. The number of imidazole rings is 1. The zero-order valence-corrected chi connectivity index (χ0v) is 14.6. The Kier molecular flexibility index (Phi) is 3.93. The van der Waals surface area contributed by atoms with Crippen LogP contribution in [-0.2, 0) is 13.1 Å². The van der Waals surface area contributed by atoms with Gasteiger partial charge in [0.1, 0.15) is 5.82 Å². The van der Waals surface area contributed by atoms with E-state index in [1.807, 2.05) is 43.3 Å². The fourth-order valence-corrected chi connectivity index (χ4v) is 3.07. The van der Waals surface area contributed by atoms with Crippen LogP contribution in [0, 0.1) is 0 Å². The summed E-state index contributed by atoms with van der Waals surface area (Å²) in [6.45, 7) is 1.23. The van der Waals surface area contributed by atoms with Gasteiger partial charge in [-0.05, 0) is 50.0 Å². The summed E-state index contributed by atoms with van der Waals surface area (Å²) >= 11 is 0. The molecular formula is C19H19N5O2. The maximum Gasteiger partial charge on any atom is 0.255 e. The molecule has 1 aromatic heterocycles. The van der Waals surface area contributed by atoms with Gasteiger partial charge in [0.2, 0.25) is 0 Å². The lowest BCUT2D eigenvalue weighted by Gasteiger charge is -2.06. The van der Waals surface area contributed by atoms with Crippen molar-refractivity contribution in [1.29, 1.82) is 0 Å². The minimum Gasteiger partial charge on any atom is -0.348 e. The van der Waals surface area contributed by atoms with Gasteiger partial charge >= 0.3 is 0 Å². The molecule has 26 heavy (non-hydrogen) atoms. The normalized spacial score (nSPS) is 13.1. The topological polar surface area (TPSA) is 90.1 Å². The molecule has 1 aliphatic heterocycles. The Hall–Kier alpha value is -3.19. The van der Waals surface area contributed by atoms with Crippen molar-refractivity contribution in [2.24, 2.45) is 0 Å². The number of aromatic nitrogens is 2. The molecule has 7 nitrogen and oxygen atoms in total. The number of hydrogen-bond donors (Lipinski definition) is 3. The van der Waals surface area contributed by atoms with Gasteiger partial charge in [0.15, 0.2) is 0 Å². The summed E-state index contributed by atoms with van der Waals surface area (Å²) in [6, 6.07) is 10.7. The molecule has 4 rings (SSSR count).